The number of carbonyl (C=O) groups excluding carboxylic acids is 1. The van der Waals surface area contributed by atoms with Crippen LogP contribution in [0.4, 0.5) is 10.6 Å². The molecule has 0 spiro atoms. The Morgan fingerprint density at radius 3 is 2.78 bits per heavy atom. The number of nitrogen functional groups attached to an aromatic ring is 1. The highest BCUT2D eigenvalue weighted by atomic mass is 16.6. The molecule has 6 heteroatoms. The van der Waals surface area contributed by atoms with Crippen LogP contribution in [0.15, 0.2) is 36.8 Å². The van der Waals surface area contributed by atoms with Crippen LogP contribution in [0.25, 0.3) is 11.1 Å². The van der Waals surface area contributed by atoms with Gasteiger partial charge in [-0.15, -0.1) is 0 Å². The van der Waals surface area contributed by atoms with Crippen LogP contribution in [-0.2, 0) is 4.74 Å². The monoisotopic (exact) mass is 366 g/mol. The molecule has 0 aliphatic carbocycles. The number of aromatic nitrogens is 2. The van der Waals surface area contributed by atoms with Crippen LogP contribution in [0.3, 0.4) is 0 Å². The maximum Gasteiger partial charge on any atom is 0.410 e. The number of hydrogen-bond acceptors (Lipinski definition) is 5. The van der Waals surface area contributed by atoms with Crippen molar-refractivity contribution in [2.45, 2.75) is 63.6 Å². The number of hydrogen-bond donors (Lipinski definition) is 1. The van der Waals surface area contributed by atoms with Gasteiger partial charge in [-0.3, -0.25) is 4.98 Å². The van der Waals surface area contributed by atoms with Crippen LogP contribution >= 0.6 is 0 Å². The highest BCUT2D eigenvalue weighted by Crippen LogP contribution is 2.47. The van der Waals surface area contributed by atoms with Crippen LogP contribution in [0.1, 0.15) is 51.5 Å². The lowest BCUT2D eigenvalue weighted by Gasteiger charge is -2.28. The average molecular weight is 366 g/mol. The molecule has 4 rings (SSSR count). The van der Waals surface area contributed by atoms with Gasteiger partial charge >= 0.3 is 6.09 Å². The van der Waals surface area contributed by atoms with Gasteiger partial charge in [0, 0.05) is 42.2 Å². The minimum atomic E-state index is -0.475. The normalized spacial score (nSPS) is 24.3. The van der Waals surface area contributed by atoms with E-state index in [9.17, 15) is 4.79 Å². The summed E-state index contributed by atoms with van der Waals surface area (Å²) in [6.07, 6.45) is 8.31. The molecule has 0 saturated carbocycles. The molecule has 142 valence electrons. The topological polar surface area (TPSA) is 81.3 Å². The Morgan fingerprint density at radius 2 is 2.04 bits per heavy atom. The summed E-state index contributed by atoms with van der Waals surface area (Å²) in [6, 6.07) is 6.40. The number of nitrogens with zero attached hydrogens (tertiary/aromatic N) is 3. The Bertz CT molecular complexity index is 861. The van der Waals surface area contributed by atoms with E-state index in [1.54, 1.807) is 6.20 Å². The zero-order valence-electron chi connectivity index (χ0n) is 16.1. The minimum Gasteiger partial charge on any atom is -0.444 e. The molecular weight excluding hydrogens is 340 g/mol. The lowest BCUT2D eigenvalue weighted by Crippen LogP contribution is -2.40. The van der Waals surface area contributed by atoms with Crippen molar-refractivity contribution in [2.75, 3.05) is 5.73 Å². The molecule has 2 saturated heterocycles. The molecule has 3 atom stereocenters. The van der Waals surface area contributed by atoms with E-state index in [0.717, 1.165) is 30.4 Å². The van der Waals surface area contributed by atoms with E-state index in [0.29, 0.717) is 11.7 Å². The predicted molar refractivity (Wildman–Crippen MR) is 104 cm³/mol. The Labute approximate surface area is 159 Å². The molecule has 6 nitrogen and oxygen atoms in total. The molecule has 2 aromatic rings. The lowest BCUT2D eigenvalue weighted by molar-refractivity contribution is 0.0213. The summed E-state index contributed by atoms with van der Waals surface area (Å²) >= 11 is 0. The van der Waals surface area contributed by atoms with Crippen molar-refractivity contribution in [3.05, 3.63) is 42.4 Å². The largest absolute Gasteiger partial charge is 0.444 e. The zero-order valence-corrected chi connectivity index (χ0v) is 16.1. The number of rotatable bonds is 2. The summed E-state index contributed by atoms with van der Waals surface area (Å²) in [5.41, 5.74) is 8.54. The fraction of sp³-hybridized carbons (Fsp3) is 0.476. The fourth-order valence-corrected chi connectivity index (χ4v) is 4.39. The smallest absolute Gasteiger partial charge is 0.410 e. The van der Waals surface area contributed by atoms with Crippen LogP contribution in [-0.4, -0.2) is 38.6 Å². The second-order valence-electron chi connectivity index (χ2n) is 8.50. The van der Waals surface area contributed by atoms with Gasteiger partial charge in [0.15, 0.2) is 0 Å². The maximum absolute atomic E-state index is 12.7. The molecule has 1 amide bonds. The Hall–Kier alpha value is -2.63. The number of amides is 1. The maximum atomic E-state index is 12.7. The molecule has 2 N–H and O–H groups in total. The number of pyridine rings is 2. The van der Waals surface area contributed by atoms with Crippen LogP contribution in [0, 0.1) is 0 Å². The Kier molecular flexibility index (Phi) is 4.29. The van der Waals surface area contributed by atoms with Crippen LogP contribution in [0.5, 0.6) is 0 Å². The van der Waals surface area contributed by atoms with Crippen molar-refractivity contribution in [1.82, 2.24) is 14.9 Å². The number of carbonyl (C=O) groups is 1. The molecule has 2 fully saturated rings. The summed E-state index contributed by atoms with van der Waals surface area (Å²) < 4.78 is 5.64. The minimum absolute atomic E-state index is 0.185. The summed E-state index contributed by atoms with van der Waals surface area (Å²) in [4.78, 5) is 23.2. The molecule has 2 aliphatic heterocycles. The second kappa shape index (κ2) is 6.51. The standard InChI is InChI=1S/C21H26N4O2/c1-21(2,3)27-20(26)25-16-4-5-18(25)17(10-16)15-8-14(11-23-12-15)13-6-7-24-19(22)9-13/h6-9,11-12,16-18H,4-5,10H2,1-3H3,(H2,22,24). The first kappa shape index (κ1) is 17.8. The van der Waals surface area contributed by atoms with E-state index >= 15 is 0 Å². The molecule has 2 aromatic heterocycles. The molecule has 2 bridgehead atoms. The third-order valence-electron chi connectivity index (χ3n) is 5.44. The summed E-state index contributed by atoms with van der Waals surface area (Å²) in [5, 5.41) is 0. The number of fused-ring (bicyclic) bond motifs is 2. The lowest BCUT2D eigenvalue weighted by atomic mass is 9.84. The molecule has 27 heavy (non-hydrogen) atoms. The molecule has 2 aliphatic rings. The van der Waals surface area contributed by atoms with Gasteiger partial charge in [0.2, 0.25) is 0 Å². The van der Waals surface area contributed by atoms with Crippen molar-refractivity contribution < 1.29 is 9.53 Å². The van der Waals surface area contributed by atoms with Gasteiger partial charge in [0.1, 0.15) is 11.4 Å². The predicted octanol–water partition coefficient (Wildman–Crippen LogP) is 3.98. The summed E-state index contributed by atoms with van der Waals surface area (Å²) in [6.45, 7) is 5.73. The van der Waals surface area contributed by atoms with E-state index in [1.807, 2.05) is 50.2 Å². The van der Waals surface area contributed by atoms with E-state index in [1.165, 1.54) is 5.56 Å². The quantitative estimate of drug-likeness (QED) is 0.869. The van der Waals surface area contributed by atoms with Gasteiger partial charge in [-0.2, -0.15) is 0 Å². The highest BCUT2D eigenvalue weighted by molar-refractivity contribution is 5.71. The van der Waals surface area contributed by atoms with Crippen LogP contribution in [0.2, 0.25) is 0 Å². The van der Waals surface area contributed by atoms with E-state index in [-0.39, 0.29) is 18.2 Å². The third-order valence-corrected chi connectivity index (χ3v) is 5.44. The van der Waals surface area contributed by atoms with Gasteiger partial charge in [-0.1, -0.05) is 0 Å². The van der Waals surface area contributed by atoms with Crippen molar-refractivity contribution in [3.8, 4) is 11.1 Å². The second-order valence-corrected chi connectivity index (χ2v) is 8.50. The highest BCUT2D eigenvalue weighted by Gasteiger charge is 2.50. The SMILES string of the molecule is CC(C)(C)OC(=O)N1C2CCC1C(c1cncc(-c3ccnc(N)c3)c1)C2. The third kappa shape index (κ3) is 3.48. The number of anilines is 1. The number of nitrogens with two attached hydrogens (primary N) is 1. The number of ether oxygens (including phenoxy) is 1. The summed E-state index contributed by atoms with van der Waals surface area (Å²) in [7, 11) is 0. The summed E-state index contributed by atoms with van der Waals surface area (Å²) in [5.74, 6) is 0.789. The molecule has 0 radical (unpaired) electrons. The average Bonchev–Trinajstić information content (AvgIpc) is 3.19. The van der Waals surface area contributed by atoms with E-state index < -0.39 is 5.60 Å². The van der Waals surface area contributed by atoms with Crippen molar-refractivity contribution in [3.63, 3.8) is 0 Å². The van der Waals surface area contributed by atoms with E-state index in [2.05, 4.69) is 16.0 Å². The molecule has 0 aromatic carbocycles. The van der Waals surface area contributed by atoms with Gasteiger partial charge in [0.05, 0.1) is 0 Å². The first-order valence-corrected chi connectivity index (χ1v) is 9.50. The zero-order chi connectivity index (χ0) is 19.2. The Morgan fingerprint density at radius 1 is 1.22 bits per heavy atom. The van der Waals surface area contributed by atoms with Gasteiger partial charge in [-0.05, 0) is 69.4 Å². The van der Waals surface area contributed by atoms with Gasteiger partial charge < -0.3 is 15.4 Å². The first-order valence-electron chi connectivity index (χ1n) is 9.50. The van der Waals surface area contributed by atoms with Crippen LogP contribution < -0.4 is 5.73 Å². The molecular formula is C21H26N4O2. The van der Waals surface area contributed by atoms with Gasteiger partial charge in [-0.25, -0.2) is 9.78 Å². The molecule has 4 heterocycles. The fourth-order valence-electron chi connectivity index (χ4n) is 4.39. The molecule has 3 unspecified atom stereocenters. The van der Waals surface area contributed by atoms with Crippen molar-refractivity contribution >= 4 is 11.9 Å². The Balaban J connectivity index is 1.58. The van der Waals surface area contributed by atoms with Crippen molar-refractivity contribution in [2.24, 2.45) is 0 Å². The van der Waals surface area contributed by atoms with Crippen molar-refractivity contribution in [1.29, 1.82) is 0 Å². The first-order chi connectivity index (χ1) is 12.8. The van der Waals surface area contributed by atoms with E-state index in [4.69, 9.17) is 10.5 Å². The van der Waals surface area contributed by atoms with Gasteiger partial charge in [0.25, 0.3) is 0 Å².